The molecule has 23 heavy (non-hydrogen) atoms. The molecule has 0 spiro atoms. The van der Waals surface area contributed by atoms with Gasteiger partial charge in [0.1, 0.15) is 0 Å². The van der Waals surface area contributed by atoms with Crippen molar-refractivity contribution < 1.29 is 17.2 Å². The molecule has 10 heteroatoms. The van der Waals surface area contributed by atoms with Crippen LogP contribution in [0.3, 0.4) is 0 Å². The van der Waals surface area contributed by atoms with E-state index < -0.39 is 10.4 Å². The fraction of sp³-hybridized carbons (Fsp3) is 0.308. The lowest BCUT2D eigenvalue weighted by Gasteiger charge is -2.22. The highest BCUT2D eigenvalue weighted by Crippen LogP contribution is 2.21. The van der Waals surface area contributed by atoms with E-state index in [1.54, 1.807) is 24.5 Å². The Bertz CT molecular complexity index is 728. The number of benzene rings is 1. The summed E-state index contributed by atoms with van der Waals surface area (Å²) in [6, 6.07) is 7.25. The molecule has 0 atom stereocenters. The summed E-state index contributed by atoms with van der Waals surface area (Å²) in [4.78, 5) is 8.66. The Kier molecular flexibility index (Phi) is 5.79. The van der Waals surface area contributed by atoms with Crippen LogP contribution >= 0.6 is 0 Å². The maximum atomic E-state index is 10.5. The molecule has 0 aliphatic carbocycles. The zero-order valence-electron chi connectivity index (χ0n) is 12.5. The van der Waals surface area contributed by atoms with Gasteiger partial charge in [-0.3, -0.25) is 4.55 Å². The molecule has 124 valence electrons. The molecule has 0 saturated heterocycles. The number of nitrogens with zero attached hydrogens (tertiary/aromatic N) is 4. The van der Waals surface area contributed by atoms with Gasteiger partial charge >= 0.3 is 10.4 Å². The normalized spacial score (nSPS) is 11.9. The number of imidazole rings is 1. The van der Waals surface area contributed by atoms with Crippen LogP contribution in [0.4, 0.5) is 17.3 Å². The quantitative estimate of drug-likeness (QED) is 0.563. The topological polar surface area (TPSA) is 120 Å². The number of hydrogen-bond donors (Lipinski definition) is 2. The molecule has 0 saturated carbocycles. The first-order valence-corrected chi connectivity index (χ1v) is 8.22. The van der Waals surface area contributed by atoms with E-state index in [9.17, 15) is 8.42 Å². The Balaban J connectivity index is 1.96. The van der Waals surface area contributed by atoms with Gasteiger partial charge in [0, 0.05) is 31.2 Å². The molecule has 0 amide bonds. The van der Waals surface area contributed by atoms with Crippen LogP contribution in [0.5, 0.6) is 0 Å². The molecular weight excluding hydrogens is 322 g/mol. The second kappa shape index (κ2) is 7.81. The number of H-pyrrole nitrogens is 1. The first-order valence-electron chi connectivity index (χ1n) is 6.86. The minimum atomic E-state index is -4.41. The van der Waals surface area contributed by atoms with Crippen LogP contribution in [-0.4, -0.2) is 42.6 Å². The molecule has 0 aliphatic rings. The molecule has 1 heterocycles. The van der Waals surface area contributed by atoms with Crippen molar-refractivity contribution in [1.82, 2.24) is 9.97 Å². The van der Waals surface area contributed by atoms with Crippen molar-refractivity contribution in [3.63, 3.8) is 0 Å². The zero-order chi connectivity index (χ0) is 16.7. The van der Waals surface area contributed by atoms with E-state index in [1.165, 1.54) is 0 Å². The smallest absolute Gasteiger partial charge is 0.369 e. The summed E-state index contributed by atoms with van der Waals surface area (Å²) in [6.07, 6.45) is 3.25. The van der Waals surface area contributed by atoms with Crippen molar-refractivity contribution in [3.05, 3.63) is 36.7 Å². The van der Waals surface area contributed by atoms with E-state index in [4.69, 9.17) is 4.55 Å². The van der Waals surface area contributed by atoms with Crippen molar-refractivity contribution in [2.45, 2.75) is 6.92 Å². The van der Waals surface area contributed by atoms with Crippen LogP contribution < -0.4 is 4.90 Å². The largest absolute Gasteiger partial charge is 0.397 e. The highest BCUT2D eigenvalue weighted by Gasteiger charge is 2.08. The SMILES string of the molecule is CCN(CCOS(=O)(=O)O)c1ccc(/N=N/c2ncc[nH]2)cc1. The Hall–Kier alpha value is -2.30. The van der Waals surface area contributed by atoms with Gasteiger partial charge in [0.05, 0.1) is 12.3 Å². The van der Waals surface area contributed by atoms with Crippen LogP contribution in [0.15, 0.2) is 46.9 Å². The van der Waals surface area contributed by atoms with Crippen LogP contribution in [0, 0.1) is 0 Å². The maximum Gasteiger partial charge on any atom is 0.397 e. The van der Waals surface area contributed by atoms with E-state index in [2.05, 4.69) is 24.4 Å². The van der Waals surface area contributed by atoms with E-state index in [0.717, 1.165) is 5.69 Å². The van der Waals surface area contributed by atoms with Crippen LogP contribution in [0.2, 0.25) is 0 Å². The molecule has 0 fully saturated rings. The number of hydrogen-bond acceptors (Lipinski definition) is 7. The molecule has 2 rings (SSSR count). The van der Waals surface area contributed by atoms with Crippen LogP contribution in [-0.2, 0) is 14.6 Å². The van der Waals surface area contributed by atoms with Gasteiger partial charge in [-0.25, -0.2) is 9.17 Å². The van der Waals surface area contributed by atoms with Crippen molar-refractivity contribution in [2.75, 3.05) is 24.6 Å². The lowest BCUT2D eigenvalue weighted by molar-refractivity contribution is 0.274. The van der Waals surface area contributed by atoms with Crippen LogP contribution in [0.1, 0.15) is 6.92 Å². The number of nitrogens with one attached hydrogen (secondary N) is 1. The van der Waals surface area contributed by atoms with Crippen molar-refractivity contribution in [3.8, 4) is 0 Å². The average Bonchev–Trinajstić information content (AvgIpc) is 3.03. The summed E-state index contributed by atoms with van der Waals surface area (Å²) in [6.45, 7) is 2.77. The highest BCUT2D eigenvalue weighted by atomic mass is 32.3. The van der Waals surface area contributed by atoms with Gasteiger partial charge in [-0.05, 0) is 31.2 Å². The monoisotopic (exact) mass is 339 g/mol. The summed E-state index contributed by atoms with van der Waals surface area (Å²) in [7, 11) is -4.41. The second-order valence-electron chi connectivity index (χ2n) is 4.46. The third-order valence-electron chi connectivity index (χ3n) is 2.93. The minimum absolute atomic E-state index is 0.132. The Labute approximate surface area is 134 Å². The number of likely N-dealkylation sites (N-methyl/N-ethyl adjacent to an activating group) is 1. The number of azo groups is 1. The summed E-state index contributed by atoms with van der Waals surface area (Å²) in [5.41, 5.74) is 1.54. The van der Waals surface area contributed by atoms with Crippen molar-refractivity contribution >= 4 is 27.7 Å². The fourth-order valence-corrected chi connectivity index (χ4v) is 2.15. The minimum Gasteiger partial charge on any atom is -0.369 e. The zero-order valence-corrected chi connectivity index (χ0v) is 13.3. The number of rotatable bonds is 8. The first kappa shape index (κ1) is 17.1. The number of aromatic nitrogens is 2. The highest BCUT2D eigenvalue weighted by molar-refractivity contribution is 7.80. The predicted molar refractivity (Wildman–Crippen MR) is 84.6 cm³/mol. The van der Waals surface area contributed by atoms with E-state index in [1.807, 2.05) is 24.0 Å². The van der Waals surface area contributed by atoms with E-state index in [-0.39, 0.29) is 6.61 Å². The third kappa shape index (κ3) is 5.77. The third-order valence-corrected chi connectivity index (χ3v) is 3.40. The van der Waals surface area contributed by atoms with Gasteiger partial charge < -0.3 is 9.88 Å². The predicted octanol–water partition coefficient (Wildman–Crippen LogP) is 2.47. The molecule has 0 radical (unpaired) electrons. The van der Waals surface area contributed by atoms with Gasteiger partial charge in [0.25, 0.3) is 0 Å². The molecule has 1 aromatic carbocycles. The van der Waals surface area contributed by atoms with Gasteiger partial charge in [-0.2, -0.15) is 8.42 Å². The van der Waals surface area contributed by atoms with Crippen molar-refractivity contribution in [2.24, 2.45) is 10.2 Å². The number of aromatic amines is 1. The standard InChI is InChI=1S/C13H17N5O4S/c1-2-18(9-10-22-23(19,20)21)12-5-3-11(4-6-12)16-17-13-14-7-8-15-13/h3-8H,2,9-10H2,1H3,(H,14,15)(H,19,20,21)/b17-16+. The molecule has 1 aromatic heterocycles. The summed E-state index contributed by atoms with van der Waals surface area (Å²) in [5, 5.41) is 7.98. The van der Waals surface area contributed by atoms with Crippen LogP contribution in [0.25, 0.3) is 0 Å². The molecule has 2 aromatic rings. The molecule has 2 N–H and O–H groups in total. The van der Waals surface area contributed by atoms with Gasteiger partial charge in [0.15, 0.2) is 0 Å². The molecule has 0 aliphatic heterocycles. The Morgan fingerprint density at radius 1 is 1.30 bits per heavy atom. The molecule has 9 nitrogen and oxygen atoms in total. The lowest BCUT2D eigenvalue weighted by Crippen LogP contribution is -2.27. The summed E-state index contributed by atoms with van der Waals surface area (Å²) < 4.78 is 33.9. The molecule has 0 bridgehead atoms. The van der Waals surface area contributed by atoms with Gasteiger partial charge in [0.2, 0.25) is 5.95 Å². The fourth-order valence-electron chi connectivity index (χ4n) is 1.87. The van der Waals surface area contributed by atoms with E-state index in [0.29, 0.717) is 24.7 Å². The van der Waals surface area contributed by atoms with Gasteiger partial charge in [-0.15, -0.1) is 10.2 Å². The Morgan fingerprint density at radius 2 is 2.04 bits per heavy atom. The van der Waals surface area contributed by atoms with Crippen molar-refractivity contribution in [1.29, 1.82) is 0 Å². The Morgan fingerprint density at radius 3 is 2.61 bits per heavy atom. The summed E-state index contributed by atoms with van der Waals surface area (Å²) >= 11 is 0. The van der Waals surface area contributed by atoms with Gasteiger partial charge in [-0.1, -0.05) is 0 Å². The first-order chi connectivity index (χ1) is 11.0. The average molecular weight is 339 g/mol. The molecular formula is C13H17N5O4S. The van der Waals surface area contributed by atoms with E-state index >= 15 is 0 Å². The maximum absolute atomic E-state index is 10.5. The lowest BCUT2D eigenvalue weighted by atomic mass is 10.2. The summed E-state index contributed by atoms with van der Waals surface area (Å²) in [5.74, 6) is 0.423. The number of anilines is 1. The second-order valence-corrected chi connectivity index (χ2v) is 5.55. The molecule has 0 unspecified atom stereocenters.